The van der Waals surface area contributed by atoms with Gasteiger partial charge < -0.3 is 20.1 Å². The number of pyridine rings is 1. The fourth-order valence-electron chi connectivity index (χ4n) is 2.76. The lowest BCUT2D eigenvalue weighted by molar-refractivity contribution is -0.154. The van der Waals surface area contributed by atoms with Gasteiger partial charge in [0.1, 0.15) is 0 Å². The molecule has 2 N–H and O–H groups in total. The van der Waals surface area contributed by atoms with E-state index in [2.05, 4.69) is 20.4 Å². The molecule has 0 radical (unpaired) electrons. The van der Waals surface area contributed by atoms with Crippen molar-refractivity contribution < 1.29 is 27.4 Å². The van der Waals surface area contributed by atoms with Crippen molar-refractivity contribution in [3.8, 4) is 5.88 Å². The quantitative estimate of drug-likeness (QED) is 0.738. The molecule has 1 saturated heterocycles. The normalized spacial score (nSPS) is 16.5. The summed E-state index contributed by atoms with van der Waals surface area (Å²) < 4.78 is 46.1. The highest BCUT2D eigenvalue weighted by molar-refractivity contribution is 5.93. The second-order valence-electron chi connectivity index (χ2n) is 6.15. The predicted octanol–water partition coefficient (Wildman–Crippen LogP) is 2.19. The van der Waals surface area contributed by atoms with Crippen molar-refractivity contribution >= 4 is 18.3 Å². The molecular weight excluding hydrogens is 375 g/mol. The standard InChI is InChI=1S/C16H22F3N3O3.ClH/c1-24-10-15(4-6-20-7-5-15)9-22-14(23)12-2-3-13(21-8-12)25-11-16(17,18)19;/h2-3,8,20H,4-7,9-11H2,1H3,(H,22,23);1H. The number of nitrogens with one attached hydrogen (secondary N) is 2. The molecule has 1 aliphatic rings. The van der Waals surface area contributed by atoms with E-state index in [1.165, 1.54) is 18.3 Å². The van der Waals surface area contributed by atoms with E-state index >= 15 is 0 Å². The summed E-state index contributed by atoms with van der Waals surface area (Å²) in [4.78, 5) is 16.0. The first-order valence-corrected chi connectivity index (χ1v) is 7.97. The lowest BCUT2D eigenvalue weighted by Gasteiger charge is -2.37. The Bertz CT molecular complexity index is 559. The minimum atomic E-state index is -4.43. The molecule has 0 unspecified atom stereocenters. The minimum absolute atomic E-state index is 0. The highest BCUT2D eigenvalue weighted by atomic mass is 35.5. The molecule has 10 heteroatoms. The molecule has 6 nitrogen and oxygen atoms in total. The van der Waals surface area contributed by atoms with Crippen LogP contribution in [0.3, 0.4) is 0 Å². The first-order valence-electron chi connectivity index (χ1n) is 7.97. The van der Waals surface area contributed by atoms with Crippen LogP contribution < -0.4 is 15.4 Å². The monoisotopic (exact) mass is 397 g/mol. The second-order valence-corrected chi connectivity index (χ2v) is 6.15. The maximum atomic E-state index is 12.2. The molecule has 1 amide bonds. The summed E-state index contributed by atoms with van der Waals surface area (Å²) in [5.41, 5.74) is 0.152. The molecule has 26 heavy (non-hydrogen) atoms. The van der Waals surface area contributed by atoms with Crippen molar-refractivity contribution in [2.45, 2.75) is 19.0 Å². The third kappa shape index (κ3) is 6.97. The zero-order valence-electron chi connectivity index (χ0n) is 14.4. The first-order chi connectivity index (χ1) is 11.8. The summed E-state index contributed by atoms with van der Waals surface area (Å²) in [6, 6.07) is 2.63. The number of hydrogen-bond acceptors (Lipinski definition) is 5. The zero-order valence-corrected chi connectivity index (χ0v) is 15.2. The zero-order chi connectivity index (χ0) is 18.3. The molecule has 2 rings (SSSR count). The van der Waals surface area contributed by atoms with Crippen LogP contribution in [0.2, 0.25) is 0 Å². The molecule has 0 saturated carbocycles. The SMILES string of the molecule is COCC1(CNC(=O)c2ccc(OCC(F)(F)F)nc2)CCNCC1.Cl. The first kappa shape index (κ1) is 22.5. The van der Waals surface area contributed by atoms with Crippen LogP contribution in [0, 0.1) is 5.41 Å². The fraction of sp³-hybridized carbons (Fsp3) is 0.625. The number of piperidine rings is 1. The Hall–Kier alpha value is -1.58. The molecule has 1 aromatic rings. The van der Waals surface area contributed by atoms with Crippen LogP contribution in [0.15, 0.2) is 18.3 Å². The number of hydrogen-bond donors (Lipinski definition) is 2. The van der Waals surface area contributed by atoms with Crippen LogP contribution in [0.4, 0.5) is 13.2 Å². The summed E-state index contributed by atoms with van der Waals surface area (Å²) in [7, 11) is 1.63. The van der Waals surface area contributed by atoms with E-state index in [-0.39, 0.29) is 35.2 Å². The Morgan fingerprint density at radius 3 is 2.58 bits per heavy atom. The molecule has 148 valence electrons. The molecule has 0 aromatic carbocycles. The van der Waals surface area contributed by atoms with Crippen LogP contribution in [0.1, 0.15) is 23.2 Å². The maximum absolute atomic E-state index is 12.2. The highest BCUT2D eigenvalue weighted by Crippen LogP contribution is 2.28. The lowest BCUT2D eigenvalue weighted by atomic mass is 9.79. The van der Waals surface area contributed by atoms with Crippen LogP contribution in [-0.4, -0.2) is 57.0 Å². The van der Waals surface area contributed by atoms with Crippen LogP contribution in [0.25, 0.3) is 0 Å². The van der Waals surface area contributed by atoms with Gasteiger partial charge >= 0.3 is 6.18 Å². The molecule has 0 bridgehead atoms. The van der Waals surface area contributed by atoms with E-state index in [1.807, 2.05) is 0 Å². The smallest absolute Gasteiger partial charge is 0.422 e. The number of halogens is 4. The third-order valence-corrected chi connectivity index (χ3v) is 4.12. The van der Waals surface area contributed by atoms with Gasteiger partial charge in [0.25, 0.3) is 5.91 Å². The topological polar surface area (TPSA) is 72.5 Å². The van der Waals surface area contributed by atoms with E-state index in [1.54, 1.807) is 7.11 Å². The molecule has 1 fully saturated rings. The van der Waals surface area contributed by atoms with Gasteiger partial charge in [0.15, 0.2) is 6.61 Å². The van der Waals surface area contributed by atoms with Crippen molar-refractivity contribution in [1.82, 2.24) is 15.6 Å². The molecule has 1 aliphatic heterocycles. The number of amides is 1. The number of carbonyl (C=O) groups excluding carboxylic acids is 1. The average Bonchev–Trinajstić information content (AvgIpc) is 2.59. The number of aromatic nitrogens is 1. The van der Waals surface area contributed by atoms with Crippen LogP contribution in [0.5, 0.6) is 5.88 Å². The molecule has 0 aliphatic carbocycles. The van der Waals surface area contributed by atoms with Crippen molar-refractivity contribution in [3.05, 3.63) is 23.9 Å². The van der Waals surface area contributed by atoms with Gasteiger partial charge in [0, 0.05) is 31.3 Å². The number of nitrogens with zero attached hydrogens (tertiary/aromatic N) is 1. The van der Waals surface area contributed by atoms with E-state index < -0.39 is 12.8 Å². The van der Waals surface area contributed by atoms with Gasteiger partial charge in [-0.2, -0.15) is 13.2 Å². The van der Waals surface area contributed by atoms with E-state index in [4.69, 9.17) is 4.74 Å². The Balaban J connectivity index is 0.00000338. The van der Waals surface area contributed by atoms with Crippen molar-refractivity contribution in [2.75, 3.05) is 40.0 Å². The minimum Gasteiger partial charge on any atom is -0.468 e. The Labute approximate surface area is 156 Å². The Morgan fingerprint density at radius 2 is 2.04 bits per heavy atom. The lowest BCUT2D eigenvalue weighted by Crippen LogP contribution is -2.47. The van der Waals surface area contributed by atoms with Crippen molar-refractivity contribution in [2.24, 2.45) is 5.41 Å². The number of methoxy groups -OCH3 is 1. The summed E-state index contributed by atoms with van der Waals surface area (Å²) in [5, 5.41) is 6.14. The highest BCUT2D eigenvalue weighted by Gasteiger charge is 2.32. The summed E-state index contributed by atoms with van der Waals surface area (Å²) in [6.45, 7) is 1.34. The Kier molecular flexibility index (Phi) is 8.58. The average molecular weight is 398 g/mol. The van der Waals surface area contributed by atoms with Gasteiger partial charge in [-0.3, -0.25) is 4.79 Å². The van der Waals surface area contributed by atoms with E-state index in [9.17, 15) is 18.0 Å². The Morgan fingerprint density at radius 1 is 1.35 bits per heavy atom. The fourth-order valence-corrected chi connectivity index (χ4v) is 2.76. The second kappa shape index (κ2) is 9.94. The van der Waals surface area contributed by atoms with Gasteiger partial charge in [0.2, 0.25) is 5.88 Å². The molecule has 2 heterocycles. The van der Waals surface area contributed by atoms with Gasteiger partial charge in [-0.1, -0.05) is 0 Å². The van der Waals surface area contributed by atoms with Gasteiger partial charge in [0.05, 0.1) is 12.2 Å². The number of carbonyl (C=O) groups is 1. The molecular formula is C16H23ClF3N3O3. The molecule has 0 spiro atoms. The van der Waals surface area contributed by atoms with E-state index in [0.29, 0.717) is 13.2 Å². The van der Waals surface area contributed by atoms with Gasteiger partial charge in [-0.05, 0) is 32.0 Å². The predicted molar refractivity (Wildman–Crippen MR) is 91.8 cm³/mol. The summed E-state index contributed by atoms with van der Waals surface area (Å²) in [6.07, 6.45) is -1.44. The van der Waals surface area contributed by atoms with Crippen LogP contribution in [-0.2, 0) is 4.74 Å². The summed E-state index contributed by atoms with van der Waals surface area (Å²) >= 11 is 0. The maximum Gasteiger partial charge on any atom is 0.422 e. The third-order valence-electron chi connectivity index (χ3n) is 4.12. The number of ether oxygens (including phenoxy) is 2. The molecule has 1 aromatic heterocycles. The summed E-state index contributed by atoms with van der Waals surface area (Å²) in [5.74, 6) is -0.507. The van der Waals surface area contributed by atoms with Gasteiger partial charge in [-0.25, -0.2) is 4.98 Å². The van der Waals surface area contributed by atoms with Crippen molar-refractivity contribution in [3.63, 3.8) is 0 Å². The number of rotatable bonds is 7. The van der Waals surface area contributed by atoms with Crippen molar-refractivity contribution in [1.29, 1.82) is 0 Å². The van der Waals surface area contributed by atoms with Crippen LogP contribution >= 0.6 is 12.4 Å². The largest absolute Gasteiger partial charge is 0.468 e. The van der Waals surface area contributed by atoms with Gasteiger partial charge in [-0.15, -0.1) is 12.4 Å². The van der Waals surface area contributed by atoms with E-state index in [0.717, 1.165) is 25.9 Å². The number of alkyl halides is 3. The molecule has 0 atom stereocenters.